The minimum atomic E-state index is -0.769. The summed E-state index contributed by atoms with van der Waals surface area (Å²) < 4.78 is 13.1. The van der Waals surface area contributed by atoms with Crippen LogP contribution < -0.4 is 11.1 Å². The van der Waals surface area contributed by atoms with E-state index >= 15 is 0 Å². The Hall–Kier alpha value is -1.62. The van der Waals surface area contributed by atoms with E-state index in [0.717, 1.165) is 6.07 Å². The zero-order chi connectivity index (χ0) is 12.3. The van der Waals surface area contributed by atoms with E-state index in [0.29, 0.717) is 0 Å². The summed E-state index contributed by atoms with van der Waals surface area (Å²) in [5.41, 5.74) is 5.39. The van der Waals surface area contributed by atoms with Crippen LogP contribution in [-0.4, -0.2) is 18.2 Å². The van der Waals surface area contributed by atoms with Gasteiger partial charge in [-0.15, -0.1) is 0 Å². The fraction of sp³-hybridized carbons (Fsp3) is 0.200. The molecule has 1 aromatic carbocycles. The Kier molecular flexibility index (Phi) is 3.84. The van der Waals surface area contributed by atoms with Crippen LogP contribution in [0.15, 0.2) is 12.1 Å². The van der Waals surface area contributed by atoms with Crippen molar-refractivity contribution in [2.24, 2.45) is 0 Å². The molecule has 0 atom stereocenters. The Labute approximate surface area is 96.6 Å². The number of hydrogen-bond donors (Lipinski definition) is 2. The molecule has 0 fully saturated rings. The Morgan fingerprint density at radius 2 is 2.12 bits per heavy atom. The summed E-state index contributed by atoms with van der Waals surface area (Å²) in [5.74, 6) is -1.62. The molecule has 0 bridgehead atoms. The maximum atomic E-state index is 13.1. The van der Waals surface area contributed by atoms with Crippen LogP contribution in [0, 0.1) is 5.82 Å². The summed E-state index contributed by atoms with van der Waals surface area (Å²) >= 11 is 5.60. The van der Waals surface area contributed by atoms with Crippen LogP contribution in [0.25, 0.3) is 0 Å². The third kappa shape index (κ3) is 2.93. The van der Waals surface area contributed by atoms with E-state index < -0.39 is 11.7 Å². The number of nitrogens with two attached hydrogens (primary N) is 1. The molecule has 0 unspecified atom stereocenters. The van der Waals surface area contributed by atoms with Crippen molar-refractivity contribution in [3.05, 3.63) is 28.5 Å². The van der Waals surface area contributed by atoms with Crippen LogP contribution in [-0.2, 0) is 4.79 Å². The first kappa shape index (κ1) is 12.4. The second-order valence-corrected chi connectivity index (χ2v) is 3.63. The Morgan fingerprint density at radius 1 is 1.50 bits per heavy atom. The smallest absolute Gasteiger partial charge is 0.253 e. The molecule has 16 heavy (non-hydrogen) atoms. The van der Waals surface area contributed by atoms with Gasteiger partial charge in [0.05, 0.1) is 17.1 Å². The molecular formula is C10H10ClFN2O2. The number of carbonyl (C=O) groups is 2. The quantitative estimate of drug-likeness (QED) is 0.789. The highest BCUT2D eigenvalue weighted by atomic mass is 35.5. The summed E-state index contributed by atoms with van der Waals surface area (Å²) in [4.78, 5) is 22.2. The van der Waals surface area contributed by atoms with Crippen LogP contribution in [0.4, 0.5) is 10.1 Å². The van der Waals surface area contributed by atoms with Crippen molar-refractivity contribution < 1.29 is 14.0 Å². The standard InChI is InChI=1S/C10H10ClFN2O2/c1-5(15)4-14-10(16)7-2-6(13)3-8(12)9(7)11/h2-3H,4,13H2,1H3,(H,14,16). The van der Waals surface area contributed by atoms with E-state index in [9.17, 15) is 14.0 Å². The van der Waals surface area contributed by atoms with E-state index in [-0.39, 0.29) is 28.6 Å². The second kappa shape index (κ2) is 4.94. The summed E-state index contributed by atoms with van der Waals surface area (Å²) in [7, 11) is 0. The van der Waals surface area contributed by atoms with Gasteiger partial charge < -0.3 is 11.1 Å². The van der Waals surface area contributed by atoms with Crippen molar-refractivity contribution >= 4 is 29.0 Å². The maximum absolute atomic E-state index is 13.1. The molecule has 6 heteroatoms. The molecule has 0 aliphatic heterocycles. The van der Waals surface area contributed by atoms with Gasteiger partial charge in [-0.3, -0.25) is 9.59 Å². The van der Waals surface area contributed by atoms with E-state index in [2.05, 4.69) is 5.32 Å². The van der Waals surface area contributed by atoms with Crippen molar-refractivity contribution in [2.75, 3.05) is 12.3 Å². The molecule has 0 aromatic heterocycles. The molecular weight excluding hydrogens is 235 g/mol. The average molecular weight is 245 g/mol. The van der Waals surface area contributed by atoms with Crippen molar-refractivity contribution in [3.63, 3.8) is 0 Å². The van der Waals surface area contributed by atoms with Gasteiger partial charge >= 0.3 is 0 Å². The van der Waals surface area contributed by atoms with Crippen molar-refractivity contribution in [1.29, 1.82) is 0 Å². The maximum Gasteiger partial charge on any atom is 0.253 e. The zero-order valence-electron chi connectivity index (χ0n) is 8.51. The monoisotopic (exact) mass is 244 g/mol. The number of anilines is 1. The number of amides is 1. The first-order chi connectivity index (χ1) is 7.41. The summed E-state index contributed by atoms with van der Waals surface area (Å²) in [6, 6.07) is 2.27. The molecule has 0 saturated heterocycles. The second-order valence-electron chi connectivity index (χ2n) is 3.25. The van der Waals surface area contributed by atoms with E-state index in [4.69, 9.17) is 17.3 Å². The van der Waals surface area contributed by atoms with Gasteiger partial charge in [-0.05, 0) is 19.1 Å². The summed E-state index contributed by atoms with van der Waals surface area (Å²) in [5, 5.41) is 1.99. The van der Waals surface area contributed by atoms with Crippen molar-refractivity contribution in [1.82, 2.24) is 5.32 Å². The lowest BCUT2D eigenvalue weighted by Gasteiger charge is -2.06. The number of Topliss-reactive ketones (excluding diaryl/α,β-unsaturated/α-hetero) is 1. The first-order valence-corrected chi connectivity index (χ1v) is 4.81. The number of hydrogen-bond acceptors (Lipinski definition) is 3. The van der Waals surface area contributed by atoms with Gasteiger partial charge in [0.15, 0.2) is 0 Å². The topological polar surface area (TPSA) is 72.2 Å². The Morgan fingerprint density at radius 3 is 2.69 bits per heavy atom. The molecule has 1 aromatic rings. The van der Waals surface area contributed by atoms with Gasteiger partial charge in [-0.1, -0.05) is 11.6 Å². The lowest BCUT2D eigenvalue weighted by atomic mass is 10.2. The van der Waals surface area contributed by atoms with Gasteiger partial charge in [-0.25, -0.2) is 4.39 Å². The van der Waals surface area contributed by atoms with Gasteiger partial charge in [0.25, 0.3) is 5.91 Å². The highest BCUT2D eigenvalue weighted by molar-refractivity contribution is 6.34. The molecule has 3 N–H and O–H groups in total. The van der Waals surface area contributed by atoms with Gasteiger partial charge in [0.1, 0.15) is 11.6 Å². The SMILES string of the molecule is CC(=O)CNC(=O)c1cc(N)cc(F)c1Cl. The van der Waals surface area contributed by atoms with E-state index in [1.807, 2.05) is 0 Å². The van der Waals surface area contributed by atoms with Crippen LogP contribution in [0.5, 0.6) is 0 Å². The average Bonchev–Trinajstić information content (AvgIpc) is 2.19. The fourth-order valence-corrected chi connectivity index (χ4v) is 1.27. The zero-order valence-corrected chi connectivity index (χ0v) is 9.27. The number of benzene rings is 1. The number of nitrogen functional groups attached to an aromatic ring is 1. The molecule has 4 nitrogen and oxygen atoms in total. The predicted molar refractivity (Wildman–Crippen MR) is 58.8 cm³/mol. The van der Waals surface area contributed by atoms with Crippen molar-refractivity contribution in [2.45, 2.75) is 6.92 Å². The summed E-state index contributed by atoms with van der Waals surface area (Å²) in [6.45, 7) is 1.19. The van der Waals surface area contributed by atoms with Crippen LogP contribution >= 0.6 is 11.6 Å². The minimum Gasteiger partial charge on any atom is -0.399 e. The molecule has 1 amide bonds. The Balaban J connectivity index is 2.95. The van der Waals surface area contributed by atoms with Crippen LogP contribution in [0.3, 0.4) is 0 Å². The van der Waals surface area contributed by atoms with Gasteiger partial charge in [-0.2, -0.15) is 0 Å². The molecule has 1 rings (SSSR count). The Bertz CT molecular complexity index is 449. The molecule has 0 spiro atoms. The third-order valence-electron chi connectivity index (χ3n) is 1.79. The third-order valence-corrected chi connectivity index (χ3v) is 2.18. The summed E-state index contributed by atoms with van der Waals surface area (Å²) in [6.07, 6.45) is 0. The van der Waals surface area contributed by atoms with Crippen molar-refractivity contribution in [3.8, 4) is 0 Å². The molecule has 0 saturated carbocycles. The molecule has 0 radical (unpaired) electrons. The van der Waals surface area contributed by atoms with Gasteiger partial charge in [0.2, 0.25) is 0 Å². The predicted octanol–water partition coefficient (Wildman–Crippen LogP) is 1.38. The molecule has 0 aliphatic rings. The lowest BCUT2D eigenvalue weighted by molar-refractivity contribution is -0.116. The molecule has 0 heterocycles. The normalized spacial score (nSPS) is 9.94. The molecule has 86 valence electrons. The fourth-order valence-electron chi connectivity index (χ4n) is 1.08. The first-order valence-electron chi connectivity index (χ1n) is 4.44. The lowest BCUT2D eigenvalue weighted by Crippen LogP contribution is -2.28. The highest BCUT2D eigenvalue weighted by Gasteiger charge is 2.15. The minimum absolute atomic E-state index is 0.0829. The van der Waals surface area contributed by atoms with E-state index in [1.54, 1.807) is 0 Å². The van der Waals surface area contributed by atoms with Crippen LogP contribution in [0.1, 0.15) is 17.3 Å². The number of ketones is 1. The van der Waals surface area contributed by atoms with E-state index in [1.165, 1.54) is 13.0 Å². The number of nitrogens with one attached hydrogen (secondary N) is 1. The highest BCUT2D eigenvalue weighted by Crippen LogP contribution is 2.22. The number of carbonyl (C=O) groups excluding carboxylic acids is 2. The largest absolute Gasteiger partial charge is 0.399 e. The number of rotatable bonds is 3. The molecule has 0 aliphatic carbocycles. The number of halogens is 2. The van der Waals surface area contributed by atoms with Crippen LogP contribution in [0.2, 0.25) is 5.02 Å². The van der Waals surface area contributed by atoms with Gasteiger partial charge in [0, 0.05) is 5.69 Å².